The molecule has 1 aromatic rings. The van der Waals surface area contributed by atoms with Crippen molar-refractivity contribution in [3.63, 3.8) is 0 Å². The van der Waals surface area contributed by atoms with Gasteiger partial charge in [0.2, 0.25) is 0 Å². The molecule has 1 aliphatic rings. The van der Waals surface area contributed by atoms with Crippen molar-refractivity contribution in [1.82, 2.24) is 4.90 Å². The second kappa shape index (κ2) is 7.65. The van der Waals surface area contributed by atoms with E-state index in [1.165, 1.54) is 0 Å². The smallest absolute Gasteiger partial charge is 0.138 e. The van der Waals surface area contributed by atoms with E-state index < -0.39 is 6.10 Å². The van der Waals surface area contributed by atoms with Gasteiger partial charge in [-0.15, -0.1) is 0 Å². The Morgan fingerprint density at radius 2 is 2.00 bits per heavy atom. The second-order valence-corrected chi connectivity index (χ2v) is 6.36. The van der Waals surface area contributed by atoms with Gasteiger partial charge < -0.3 is 14.6 Å². The van der Waals surface area contributed by atoms with E-state index in [9.17, 15) is 5.11 Å². The van der Waals surface area contributed by atoms with Gasteiger partial charge in [-0.25, -0.2) is 0 Å². The van der Waals surface area contributed by atoms with Crippen molar-refractivity contribution >= 4 is 23.2 Å². The molecule has 2 rings (SSSR count). The summed E-state index contributed by atoms with van der Waals surface area (Å²) in [7, 11) is 0. The topological polar surface area (TPSA) is 41.9 Å². The van der Waals surface area contributed by atoms with Crippen LogP contribution in [0.1, 0.15) is 13.8 Å². The minimum atomic E-state index is -0.575. The Hall–Kier alpha value is -0.520. The standard InChI is InChI=1S/C15H21Cl2NO3/c1-10-6-18(7-11(2)21-10)8-13(19)9-20-15-4-3-12(16)5-14(15)17/h3-5,10-11,13,19H,6-9H2,1-2H3/t10-,11+,13-/m0/s1. The lowest BCUT2D eigenvalue weighted by molar-refractivity contribution is -0.0786. The zero-order valence-electron chi connectivity index (χ0n) is 12.3. The van der Waals surface area contributed by atoms with Crippen LogP contribution in [0.3, 0.4) is 0 Å². The molecule has 6 heteroatoms. The van der Waals surface area contributed by atoms with Gasteiger partial charge >= 0.3 is 0 Å². The molecule has 1 aliphatic heterocycles. The molecule has 0 spiro atoms. The molecule has 118 valence electrons. The maximum absolute atomic E-state index is 10.1. The molecule has 21 heavy (non-hydrogen) atoms. The summed E-state index contributed by atoms with van der Waals surface area (Å²) < 4.78 is 11.2. The molecule has 1 aromatic carbocycles. The molecule has 0 aliphatic carbocycles. The molecular formula is C15H21Cl2NO3. The first-order chi connectivity index (χ1) is 9.94. The second-order valence-electron chi connectivity index (χ2n) is 5.52. The first kappa shape index (κ1) is 16.8. The highest BCUT2D eigenvalue weighted by Gasteiger charge is 2.24. The zero-order valence-corrected chi connectivity index (χ0v) is 13.8. The lowest BCUT2D eigenvalue weighted by Gasteiger charge is -2.36. The van der Waals surface area contributed by atoms with E-state index in [1.807, 2.05) is 13.8 Å². The maximum Gasteiger partial charge on any atom is 0.138 e. The summed E-state index contributed by atoms with van der Waals surface area (Å²) in [6, 6.07) is 5.03. The molecule has 0 bridgehead atoms. The Kier molecular flexibility index (Phi) is 6.14. The fourth-order valence-corrected chi connectivity index (χ4v) is 3.03. The average molecular weight is 334 g/mol. The van der Waals surface area contributed by atoms with Crippen LogP contribution >= 0.6 is 23.2 Å². The quantitative estimate of drug-likeness (QED) is 0.899. The number of aliphatic hydroxyl groups is 1. The van der Waals surface area contributed by atoms with Crippen molar-refractivity contribution < 1.29 is 14.6 Å². The molecule has 1 N–H and O–H groups in total. The molecule has 0 amide bonds. The van der Waals surface area contributed by atoms with Crippen LogP contribution in [-0.4, -0.2) is 54.6 Å². The summed E-state index contributed by atoms with van der Waals surface area (Å²) in [6.07, 6.45) is -0.200. The highest BCUT2D eigenvalue weighted by atomic mass is 35.5. The average Bonchev–Trinajstić information content (AvgIpc) is 2.36. The molecule has 4 nitrogen and oxygen atoms in total. The SMILES string of the molecule is C[C@@H]1CN(C[C@H](O)COc2ccc(Cl)cc2Cl)C[C@H](C)O1. The predicted molar refractivity (Wildman–Crippen MR) is 84.4 cm³/mol. The number of rotatable bonds is 5. The van der Waals surface area contributed by atoms with Crippen LogP contribution in [0.25, 0.3) is 0 Å². The molecule has 0 aromatic heterocycles. The van der Waals surface area contributed by atoms with E-state index in [0.29, 0.717) is 22.3 Å². The molecule has 0 unspecified atom stereocenters. The highest BCUT2D eigenvalue weighted by molar-refractivity contribution is 6.35. The summed E-state index contributed by atoms with van der Waals surface area (Å²) in [5, 5.41) is 11.1. The van der Waals surface area contributed by atoms with E-state index in [1.54, 1.807) is 18.2 Å². The van der Waals surface area contributed by atoms with Gasteiger partial charge in [-0.1, -0.05) is 23.2 Å². The van der Waals surface area contributed by atoms with Gasteiger partial charge in [0.1, 0.15) is 18.5 Å². The summed E-state index contributed by atoms with van der Waals surface area (Å²) in [5.74, 6) is 0.531. The lowest BCUT2D eigenvalue weighted by Crippen LogP contribution is -2.48. The van der Waals surface area contributed by atoms with Crippen LogP contribution in [0.5, 0.6) is 5.75 Å². The van der Waals surface area contributed by atoms with Crippen molar-refractivity contribution in [2.75, 3.05) is 26.2 Å². The molecule has 3 atom stereocenters. The summed E-state index contributed by atoms with van der Waals surface area (Å²) in [6.45, 7) is 6.48. The van der Waals surface area contributed by atoms with Crippen molar-refractivity contribution in [2.24, 2.45) is 0 Å². The zero-order chi connectivity index (χ0) is 15.4. The van der Waals surface area contributed by atoms with E-state index >= 15 is 0 Å². The number of nitrogens with zero attached hydrogens (tertiary/aromatic N) is 1. The van der Waals surface area contributed by atoms with Crippen LogP contribution in [-0.2, 0) is 4.74 Å². The van der Waals surface area contributed by atoms with Gasteiger partial charge in [-0.3, -0.25) is 4.90 Å². The third-order valence-electron chi connectivity index (χ3n) is 3.29. The third-order valence-corrected chi connectivity index (χ3v) is 3.82. The Morgan fingerprint density at radius 3 is 2.62 bits per heavy atom. The largest absolute Gasteiger partial charge is 0.489 e. The van der Waals surface area contributed by atoms with E-state index in [0.717, 1.165) is 13.1 Å². The molecular weight excluding hydrogens is 313 g/mol. The molecule has 0 radical (unpaired) electrons. The molecule has 1 saturated heterocycles. The van der Waals surface area contributed by atoms with Crippen LogP contribution in [0, 0.1) is 0 Å². The van der Waals surface area contributed by atoms with Crippen molar-refractivity contribution in [1.29, 1.82) is 0 Å². The van der Waals surface area contributed by atoms with Gasteiger partial charge in [0.15, 0.2) is 0 Å². The first-order valence-electron chi connectivity index (χ1n) is 7.07. The van der Waals surface area contributed by atoms with Gasteiger partial charge in [0.25, 0.3) is 0 Å². The van der Waals surface area contributed by atoms with E-state index in [2.05, 4.69) is 4.90 Å². The highest BCUT2D eigenvalue weighted by Crippen LogP contribution is 2.27. The predicted octanol–water partition coefficient (Wildman–Crippen LogP) is 2.84. The summed E-state index contributed by atoms with van der Waals surface area (Å²) in [5.41, 5.74) is 0. The molecule has 0 saturated carbocycles. The van der Waals surface area contributed by atoms with Crippen LogP contribution < -0.4 is 4.74 Å². The minimum Gasteiger partial charge on any atom is -0.489 e. The maximum atomic E-state index is 10.1. The number of halogens is 2. The van der Waals surface area contributed by atoms with Crippen LogP contribution in [0.4, 0.5) is 0 Å². The minimum absolute atomic E-state index is 0.188. The van der Waals surface area contributed by atoms with Gasteiger partial charge in [-0.2, -0.15) is 0 Å². The fourth-order valence-electron chi connectivity index (χ4n) is 2.56. The van der Waals surface area contributed by atoms with Gasteiger partial charge in [0, 0.05) is 24.7 Å². The van der Waals surface area contributed by atoms with Crippen molar-refractivity contribution in [3.8, 4) is 5.75 Å². The Morgan fingerprint density at radius 1 is 1.33 bits per heavy atom. The fraction of sp³-hybridized carbons (Fsp3) is 0.600. The number of hydrogen-bond acceptors (Lipinski definition) is 4. The molecule has 1 fully saturated rings. The summed E-state index contributed by atoms with van der Waals surface area (Å²) >= 11 is 11.9. The first-order valence-corrected chi connectivity index (χ1v) is 7.83. The van der Waals surface area contributed by atoms with Crippen LogP contribution in [0.2, 0.25) is 10.0 Å². The van der Waals surface area contributed by atoms with Crippen molar-refractivity contribution in [3.05, 3.63) is 28.2 Å². The normalized spacial score (nSPS) is 24.8. The van der Waals surface area contributed by atoms with Crippen LogP contribution in [0.15, 0.2) is 18.2 Å². The number of benzene rings is 1. The number of aliphatic hydroxyl groups excluding tert-OH is 1. The lowest BCUT2D eigenvalue weighted by atomic mass is 10.2. The monoisotopic (exact) mass is 333 g/mol. The summed E-state index contributed by atoms with van der Waals surface area (Å²) in [4.78, 5) is 2.19. The van der Waals surface area contributed by atoms with Crippen molar-refractivity contribution in [2.45, 2.75) is 32.2 Å². The van der Waals surface area contributed by atoms with Gasteiger partial charge in [-0.05, 0) is 32.0 Å². The van der Waals surface area contributed by atoms with E-state index in [-0.39, 0.29) is 18.8 Å². The Balaban J connectivity index is 1.80. The Labute approximate surface area is 135 Å². The number of hydrogen-bond donors (Lipinski definition) is 1. The molecule has 1 heterocycles. The van der Waals surface area contributed by atoms with E-state index in [4.69, 9.17) is 32.7 Å². The number of ether oxygens (including phenoxy) is 2. The Bertz CT molecular complexity index is 462. The third kappa shape index (κ3) is 5.31. The number of morpholine rings is 1. The number of β-amino-alcohol motifs (C(OH)–C–C–N with tert-alkyl or cyclic N) is 1. The van der Waals surface area contributed by atoms with Gasteiger partial charge in [0.05, 0.1) is 17.2 Å².